The van der Waals surface area contributed by atoms with Crippen LogP contribution in [0.5, 0.6) is 0 Å². The van der Waals surface area contributed by atoms with Crippen molar-refractivity contribution in [2.75, 3.05) is 13.7 Å². The highest BCUT2D eigenvalue weighted by Crippen LogP contribution is 2.25. The number of carbonyl (C=O) groups is 1. The van der Waals surface area contributed by atoms with Gasteiger partial charge in [-0.1, -0.05) is 60.3 Å². The number of nitrogens with one attached hydrogen (secondary N) is 1. The monoisotopic (exact) mass is 462 g/mol. The highest BCUT2D eigenvalue weighted by Gasteiger charge is 2.16. The zero-order valence-electron chi connectivity index (χ0n) is 18.4. The molecule has 2 heterocycles. The van der Waals surface area contributed by atoms with Crippen molar-refractivity contribution in [1.29, 1.82) is 0 Å². The lowest BCUT2D eigenvalue weighted by molar-refractivity contribution is 0.0947. The van der Waals surface area contributed by atoms with Crippen molar-refractivity contribution < 1.29 is 13.9 Å². The fourth-order valence-electron chi connectivity index (χ4n) is 3.43. The highest BCUT2D eigenvalue weighted by atomic mass is 32.2. The number of carbonyl (C=O) groups excluding carboxylic acids is 1. The Morgan fingerprint density at radius 2 is 1.88 bits per heavy atom. The summed E-state index contributed by atoms with van der Waals surface area (Å²) in [5, 5.41) is 12.6. The summed E-state index contributed by atoms with van der Waals surface area (Å²) in [7, 11) is 1.69. The van der Waals surface area contributed by atoms with Crippen LogP contribution in [0.25, 0.3) is 0 Å². The minimum Gasteiger partial charge on any atom is -0.467 e. The molecule has 8 heteroatoms. The topological polar surface area (TPSA) is 82.2 Å². The summed E-state index contributed by atoms with van der Waals surface area (Å²) < 4.78 is 12.7. The standard InChI is InChI=1S/C25H26N4O3S/c1-31-15-13-29-23(16-19-8-3-2-4-9-19)27-28-25(29)33-18-20-10-5-6-12-22(20)24(30)26-17-21-11-7-14-32-21/h2-12,14H,13,15-18H2,1H3,(H,26,30). The number of hydrogen-bond acceptors (Lipinski definition) is 6. The first kappa shape index (κ1) is 22.8. The van der Waals surface area contributed by atoms with Gasteiger partial charge in [-0.2, -0.15) is 0 Å². The Labute approximate surface area is 197 Å². The summed E-state index contributed by atoms with van der Waals surface area (Å²) in [6.45, 7) is 1.58. The van der Waals surface area contributed by atoms with Gasteiger partial charge in [0.15, 0.2) is 5.16 Å². The van der Waals surface area contributed by atoms with Gasteiger partial charge in [-0.25, -0.2) is 0 Å². The van der Waals surface area contributed by atoms with Crippen LogP contribution in [-0.4, -0.2) is 34.4 Å². The molecular weight excluding hydrogens is 436 g/mol. The van der Waals surface area contributed by atoms with Gasteiger partial charge >= 0.3 is 0 Å². The van der Waals surface area contributed by atoms with Crippen molar-refractivity contribution in [2.45, 2.75) is 30.4 Å². The Balaban J connectivity index is 1.46. The third kappa shape index (κ3) is 6.12. The van der Waals surface area contributed by atoms with Gasteiger partial charge in [0, 0.05) is 31.4 Å². The van der Waals surface area contributed by atoms with E-state index < -0.39 is 0 Å². The van der Waals surface area contributed by atoms with Crippen molar-refractivity contribution >= 4 is 17.7 Å². The average molecular weight is 463 g/mol. The van der Waals surface area contributed by atoms with E-state index in [1.807, 2.05) is 48.5 Å². The molecule has 0 aliphatic carbocycles. The number of methoxy groups -OCH3 is 1. The van der Waals surface area contributed by atoms with Gasteiger partial charge in [0.05, 0.1) is 19.4 Å². The molecule has 2 aromatic heterocycles. The quantitative estimate of drug-likeness (QED) is 0.334. The second-order valence-corrected chi connectivity index (χ2v) is 8.36. The Morgan fingerprint density at radius 3 is 2.67 bits per heavy atom. The molecule has 0 saturated carbocycles. The second-order valence-electron chi connectivity index (χ2n) is 7.41. The normalized spacial score (nSPS) is 10.9. The number of amides is 1. The predicted molar refractivity (Wildman–Crippen MR) is 127 cm³/mol. The molecule has 2 aromatic carbocycles. The lowest BCUT2D eigenvalue weighted by Crippen LogP contribution is -2.23. The molecule has 0 fully saturated rings. The predicted octanol–water partition coefficient (Wildman–Crippen LogP) is 4.33. The first-order valence-corrected chi connectivity index (χ1v) is 11.7. The molecule has 0 atom stereocenters. The molecule has 0 spiro atoms. The Bertz CT molecular complexity index is 1160. The Hall–Kier alpha value is -3.36. The molecule has 4 rings (SSSR count). The Kier molecular flexibility index (Phi) is 7.94. The van der Waals surface area contributed by atoms with Crippen molar-refractivity contribution in [3.8, 4) is 0 Å². The maximum Gasteiger partial charge on any atom is 0.251 e. The lowest BCUT2D eigenvalue weighted by Gasteiger charge is -2.11. The molecule has 1 amide bonds. The average Bonchev–Trinajstić information content (AvgIpc) is 3.51. The van der Waals surface area contributed by atoms with E-state index in [1.165, 1.54) is 5.56 Å². The highest BCUT2D eigenvalue weighted by molar-refractivity contribution is 7.98. The summed E-state index contributed by atoms with van der Waals surface area (Å²) >= 11 is 1.56. The van der Waals surface area contributed by atoms with Gasteiger partial charge < -0.3 is 19.0 Å². The summed E-state index contributed by atoms with van der Waals surface area (Å²) in [5.74, 6) is 2.08. The van der Waals surface area contributed by atoms with Crippen molar-refractivity contribution in [3.63, 3.8) is 0 Å². The van der Waals surface area contributed by atoms with Gasteiger partial charge in [0.1, 0.15) is 11.6 Å². The SMILES string of the molecule is COCCn1c(Cc2ccccc2)nnc1SCc1ccccc1C(=O)NCc1ccco1. The van der Waals surface area contributed by atoms with Crippen molar-refractivity contribution in [3.05, 3.63) is 101 Å². The number of thioether (sulfide) groups is 1. The molecule has 1 N–H and O–H groups in total. The van der Waals surface area contributed by atoms with E-state index in [0.717, 1.165) is 16.5 Å². The van der Waals surface area contributed by atoms with Crippen LogP contribution in [0.1, 0.15) is 33.1 Å². The van der Waals surface area contributed by atoms with E-state index in [1.54, 1.807) is 31.2 Å². The van der Waals surface area contributed by atoms with Gasteiger partial charge in [-0.05, 0) is 29.3 Å². The smallest absolute Gasteiger partial charge is 0.251 e. The van der Waals surface area contributed by atoms with E-state index >= 15 is 0 Å². The molecule has 0 saturated heterocycles. The fraction of sp³-hybridized carbons (Fsp3) is 0.240. The second kappa shape index (κ2) is 11.5. The van der Waals surface area contributed by atoms with Crippen LogP contribution in [-0.2, 0) is 30.0 Å². The van der Waals surface area contributed by atoms with Crippen LogP contribution in [0.3, 0.4) is 0 Å². The number of nitrogens with zero attached hydrogens (tertiary/aromatic N) is 3. The molecule has 33 heavy (non-hydrogen) atoms. The van der Waals surface area contributed by atoms with E-state index in [-0.39, 0.29) is 5.91 Å². The fourth-order valence-corrected chi connectivity index (χ4v) is 4.42. The maximum absolute atomic E-state index is 12.8. The van der Waals surface area contributed by atoms with E-state index in [9.17, 15) is 4.79 Å². The van der Waals surface area contributed by atoms with Crippen LogP contribution < -0.4 is 5.32 Å². The van der Waals surface area contributed by atoms with Crippen LogP contribution in [0.4, 0.5) is 0 Å². The number of ether oxygens (including phenoxy) is 1. The molecule has 0 radical (unpaired) electrons. The minimum absolute atomic E-state index is 0.131. The molecule has 170 valence electrons. The molecule has 0 unspecified atom stereocenters. The summed E-state index contributed by atoms with van der Waals surface area (Å²) in [6, 6.07) is 21.5. The van der Waals surface area contributed by atoms with Crippen LogP contribution in [0.2, 0.25) is 0 Å². The third-order valence-electron chi connectivity index (χ3n) is 5.14. The summed E-state index contributed by atoms with van der Waals surface area (Å²) in [5.41, 5.74) is 2.76. The summed E-state index contributed by atoms with van der Waals surface area (Å²) in [6.07, 6.45) is 2.29. The largest absolute Gasteiger partial charge is 0.467 e. The third-order valence-corrected chi connectivity index (χ3v) is 6.16. The number of aromatic nitrogens is 3. The number of benzene rings is 2. The van der Waals surface area contributed by atoms with E-state index in [0.29, 0.717) is 43.2 Å². The molecule has 7 nitrogen and oxygen atoms in total. The maximum atomic E-state index is 12.8. The number of rotatable bonds is 11. The van der Waals surface area contributed by atoms with E-state index in [2.05, 4.69) is 32.2 Å². The van der Waals surface area contributed by atoms with Gasteiger partial charge in [0.2, 0.25) is 0 Å². The van der Waals surface area contributed by atoms with Crippen LogP contribution in [0, 0.1) is 0 Å². The van der Waals surface area contributed by atoms with Crippen LogP contribution in [0.15, 0.2) is 82.6 Å². The van der Waals surface area contributed by atoms with Gasteiger partial charge in [-0.3, -0.25) is 4.79 Å². The van der Waals surface area contributed by atoms with Crippen molar-refractivity contribution in [2.24, 2.45) is 0 Å². The molecule has 0 aliphatic rings. The first-order valence-electron chi connectivity index (χ1n) is 10.7. The zero-order valence-corrected chi connectivity index (χ0v) is 19.3. The zero-order chi connectivity index (χ0) is 22.9. The van der Waals surface area contributed by atoms with Crippen LogP contribution >= 0.6 is 11.8 Å². The van der Waals surface area contributed by atoms with Gasteiger partial charge in [0.25, 0.3) is 5.91 Å². The van der Waals surface area contributed by atoms with Crippen molar-refractivity contribution in [1.82, 2.24) is 20.1 Å². The van der Waals surface area contributed by atoms with E-state index in [4.69, 9.17) is 9.15 Å². The molecular formula is C25H26N4O3S. The minimum atomic E-state index is -0.131. The lowest BCUT2D eigenvalue weighted by atomic mass is 10.1. The van der Waals surface area contributed by atoms with Gasteiger partial charge in [-0.15, -0.1) is 10.2 Å². The molecule has 0 aliphatic heterocycles. The molecule has 4 aromatic rings. The summed E-state index contributed by atoms with van der Waals surface area (Å²) in [4.78, 5) is 12.8. The first-order chi connectivity index (χ1) is 16.2. The number of hydrogen-bond donors (Lipinski definition) is 1. The number of furan rings is 1. The Morgan fingerprint density at radius 1 is 1.06 bits per heavy atom. The molecule has 0 bridgehead atoms.